The van der Waals surface area contributed by atoms with Gasteiger partial charge in [0.1, 0.15) is 6.61 Å². The smallest absolute Gasteiger partial charge is 0.221 e. The second-order valence-corrected chi connectivity index (χ2v) is 6.41. The highest BCUT2D eigenvalue weighted by Gasteiger charge is 2.27. The van der Waals surface area contributed by atoms with Crippen molar-refractivity contribution in [3.8, 4) is 5.75 Å². The average Bonchev–Trinajstić information content (AvgIpc) is 2.33. The molecule has 2 atom stereocenters. The highest BCUT2D eigenvalue weighted by Crippen LogP contribution is 2.22. The molecule has 1 amide bonds. The topological polar surface area (TPSA) is 64.4 Å². The summed E-state index contributed by atoms with van der Waals surface area (Å²) >= 11 is 0. The van der Waals surface area contributed by atoms with Crippen molar-refractivity contribution in [2.24, 2.45) is 11.1 Å². The van der Waals surface area contributed by atoms with E-state index in [1.807, 2.05) is 20.8 Å². The molecule has 0 saturated heterocycles. The lowest BCUT2D eigenvalue weighted by atomic mass is 9.87. The highest BCUT2D eigenvalue weighted by atomic mass is 19.1. The summed E-state index contributed by atoms with van der Waals surface area (Å²) in [6, 6.07) is 5.79. The zero-order chi connectivity index (χ0) is 16.0. The average molecular weight is 296 g/mol. The molecule has 3 N–H and O–H groups in total. The molecule has 2 unspecified atom stereocenters. The van der Waals surface area contributed by atoms with Gasteiger partial charge < -0.3 is 15.8 Å². The minimum Gasteiger partial charge on any atom is -0.488 e. The monoisotopic (exact) mass is 296 g/mol. The van der Waals surface area contributed by atoms with E-state index in [2.05, 4.69) is 5.32 Å². The van der Waals surface area contributed by atoms with Crippen molar-refractivity contribution in [1.29, 1.82) is 0 Å². The third-order valence-corrected chi connectivity index (χ3v) is 3.13. The van der Waals surface area contributed by atoms with Crippen LogP contribution in [0.3, 0.4) is 0 Å². The molecular weight excluding hydrogens is 271 g/mol. The summed E-state index contributed by atoms with van der Waals surface area (Å²) in [5, 5.41) is 2.91. The number of hydrogen-bond donors (Lipinski definition) is 2. The van der Waals surface area contributed by atoms with Crippen LogP contribution in [0.5, 0.6) is 5.75 Å². The van der Waals surface area contributed by atoms with Gasteiger partial charge in [0.05, 0.1) is 6.04 Å². The molecule has 5 heteroatoms. The molecule has 0 heterocycles. The summed E-state index contributed by atoms with van der Waals surface area (Å²) in [5.74, 6) is -0.345. The second kappa shape index (κ2) is 7.41. The SMILES string of the molecule is CC(N)CC(=O)NC(COc1ccccc1F)C(C)(C)C. The standard InChI is InChI=1S/C16H25FN2O2/c1-11(18)9-15(20)19-14(16(2,3)4)10-21-13-8-6-5-7-12(13)17/h5-8,11,14H,9-10,18H2,1-4H3,(H,19,20). The normalized spacial score (nSPS) is 14.4. The summed E-state index contributed by atoms with van der Waals surface area (Å²) in [6.07, 6.45) is 0.256. The number of hydrogen-bond acceptors (Lipinski definition) is 3. The van der Waals surface area contributed by atoms with E-state index in [0.29, 0.717) is 0 Å². The van der Waals surface area contributed by atoms with Crippen molar-refractivity contribution >= 4 is 5.91 Å². The number of rotatable bonds is 6. The number of carbonyl (C=O) groups excluding carboxylic acids is 1. The predicted molar refractivity (Wildman–Crippen MR) is 81.5 cm³/mol. The molecule has 1 aromatic carbocycles. The van der Waals surface area contributed by atoms with Gasteiger partial charge in [0.2, 0.25) is 5.91 Å². The Balaban J connectivity index is 2.67. The fourth-order valence-electron chi connectivity index (χ4n) is 1.79. The van der Waals surface area contributed by atoms with E-state index in [0.717, 1.165) is 0 Å². The maximum absolute atomic E-state index is 13.5. The number of nitrogens with two attached hydrogens (primary N) is 1. The van der Waals surface area contributed by atoms with E-state index < -0.39 is 5.82 Å². The van der Waals surface area contributed by atoms with Crippen molar-refractivity contribution in [2.45, 2.75) is 46.2 Å². The Labute approximate surface area is 125 Å². The number of nitrogens with one attached hydrogen (secondary N) is 1. The van der Waals surface area contributed by atoms with Crippen LogP contribution in [0, 0.1) is 11.2 Å². The number of halogens is 1. The van der Waals surface area contributed by atoms with Gasteiger partial charge in [-0.3, -0.25) is 4.79 Å². The summed E-state index contributed by atoms with van der Waals surface area (Å²) in [5.41, 5.74) is 5.41. The van der Waals surface area contributed by atoms with E-state index >= 15 is 0 Å². The predicted octanol–water partition coefficient (Wildman–Crippen LogP) is 2.47. The largest absolute Gasteiger partial charge is 0.488 e. The van der Waals surface area contributed by atoms with Gasteiger partial charge in [-0.2, -0.15) is 0 Å². The summed E-state index contributed by atoms with van der Waals surface area (Å²) in [4.78, 5) is 11.9. The zero-order valence-corrected chi connectivity index (χ0v) is 13.2. The van der Waals surface area contributed by atoms with E-state index in [9.17, 15) is 9.18 Å². The Kier molecular flexibility index (Phi) is 6.15. The quantitative estimate of drug-likeness (QED) is 0.847. The van der Waals surface area contributed by atoms with Crippen LogP contribution in [-0.4, -0.2) is 24.6 Å². The summed E-state index contributed by atoms with van der Waals surface area (Å²) in [6.45, 7) is 7.97. The lowest BCUT2D eigenvalue weighted by Crippen LogP contribution is -2.48. The van der Waals surface area contributed by atoms with Crippen molar-refractivity contribution in [1.82, 2.24) is 5.32 Å². The molecule has 0 aliphatic heterocycles. The fraction of sp³-hybridized carbons (Fsp3) is 0.562. The van der Waals surface area contributed by atoms with Gasteiger partial charge in [0.15, 0.2) is 11.6 Å². The van der Waals surface area contributed by atoms with Crippen LogP contribution in [0.4, 0.5) is 4.39 Å². The lowest BCUT2D eigenvalue weighted by Gasteiger charge is -2.31. The first-order chi connectivity index (χ1) is 9.70. The van der Waals surface area contributed by atoms with Gasteiger partial charge in [-0.1, -0.05) is 32.9 Å². The molecule has 0 aliphatic carbocycles. The van der Waals surface area contributed by atoms with Gasteiger partial charge >= 0.3 is 0 Å². The third kappa shape index (κ3) is 6.12. The molecular formula is C16H25FN2O2. The molecule has 0 spiro atoms. The van der Waals surface area contributed by atoms with Crippen LogP contribution in [0.25, 0.3) is 0 Å². The molecule has 0 aromatic heterocycles. The van der Waals surface area contributed by atoms with Crippen LogP contribution in [0.1, 0.15) is 34.1 Å². The highest BCUT2D eigenvalue weighted by molar-refractivity contribution is 5.76. The second-order valence-electron chi connectivity index (χ2n) is 6.41. The van der Waals surface area contributed by atoms with Crippen LogP contribution in [0.15, 0.2) is 24.3 Å². The van der Waals surface area contributed by atoms with E-state index in [4.69, 9.17) is 10.5 Å². The number of ether oxygens (including phenoxy) is 1. The number of benzene rings is 1. The van der Waals surface area contributed by atoms with Crippen LogP contribution < -0.4 is 15.8 Å². The minimum atomic E-state index is -0.410. The van der Waals surface area contributed by atoms with E-state index in [1.165, 1.54) is 6.07 Å². The molecule has 118 valence electrons. The number of amides is 1. The van der Waals surface area contributed by atoms with Crippen molar-refractivity contribution < 1.29 is 13.9 Å². The van der Waals surface area contributed by atoms with Crippen LogP contribution in [0.2, 0.25) is 0 Å². The molecule has 0 saturated carbocycles. The maximum Gasteiger partial charge on any atom is 0.221 e. The van der Waals surface area contributed by atoms with Crippen LogP contribution in [-0.2, 0) is 4.79 Å². The molecule has 21 heavy (non-hydrogen) atoms. The van der Waals surface area contributed by atoms with Gasteiger partial charge in [-0.25, -0.2) is 4.39 Å². The molecule has 0 bridgehead atoms. The third-order valence-electron chi connectivity index (χ3n) is 3.13. The lowest BCUT2D eigenvalue weighted by molar-refractivity contribution is -0.123. The van der Waals surface area contributed by atoms with Gasteiger partial charge in [0.25, 0.3) is 0 Å². The Morgan fingerprint density at radius 3 is 2.52 bits per heavy atom. The summed E-state index contributed by atoms with van der Waals surface area (Å²) in [7, 11) is 0. The Hall–Kier alpha value is -1.62. The van der Waals surface area contributed by atoms with Crippen molar-refractivity contribution in [3.63, 3.8) is 0 Å². The molecule has 1 aromatic rings. The first-order valence-corrected chi connectivity index (χ1v) is 7.12. The van der Waals surface area contributed by atoms with Crippen LogP contribution >= 0.6 is 0 Å². The van der Waals surface area contributed by atoms with E-state index in [1.54, 1.807) is 25.1 Å². The molecule has 4 nitrogen and oxygen atoms in total. The maximum atomic E-state index is 13.5. The molecule has 0 aliphatic rings. The Morgan fingerprint density at radius 2 is 2.00 bits per heavy atom. The van der Waals surface area contributed by atoms with Crippen molar-refractivity contribution in [3.05, 3.63) is 30.1 Å². The number of para-hydroxylation sites is 1. The molecule has 1 rings (SSSR count). The van der Waals surface area contributed by atoms with Gasteiger partial charge in [-0.05, 0) is 24.5 Å². The molecule has 0 fully saturated rings. The molecule has 0 radical (unpaired) electrons. The van der Waals surface area contributed by atoms with Gasteiger partial charge in [-0.15, -0.1) is 0 Å². The Morgan fingerprint density at radius 1 is 1.38 bits per heavy atom. The van der Waals surface area contributed by atoms with Gasteiger partial charge in [0, 0.05) is 12.5 Å². The Bertz CT molecular complexity index is 470. The van der Waals surface area contributed by atoms with E-state index in [-0.39, 0.29) is 42.2 Å². The first kappa shape index (κ1) is 17.4. The minimum absolute atomic E-state index is 0.123. The fourth-order valence-corrected chi connectivity index (χ4v) is 1.79. The first-order valence-electron chi connectivity index (χ1n) is 7.12. The van der Waals surface area contributed by atoms with Crippen molar-refractivity contribution in [2.75, 3.05) is 6.61 Å². The zero-order valence-electron chi connectivity index (χ0n) is 13.2. The number of carbonyl (C=O) groups is 1. The summed E-state index contributed by atoms with van der Waals surface area (Å²) < 4.78 is 19.1.